The first-order valence-corrected chi connectivity index (χ1v) is 8.72. The van der Waals surface area contributed by atoms with Crippen molar-refractivity contribution in [1.29, 1.82) is 0 Å². The maximum absolute atomic E-state index is 12.5. The lowest BCUT2D eigenvalue weighted by Gasteiger charge is -2.32. The average molecular weight is 333 g/mol. The van der Waals surface area contributed by atoms with E-state index in [-0.39, 0.29) is 12.1 Å². The summed E-state index contributed by atoms with van der Waals surface area (Å²) < 4.78 is 5.95. The molecule has 1 N–H and O–H groups in total. The molecule has 24 heavy (non-hydrogen) atoms. The average Bonchev–Trinajstić information content (AvgIpc) is 3.37. The van der Waals surface area contributed by atoms with Crippen LogP contribution in [0.25, 0.3) is 0 Å². The second-order valence-corrected chi connectivity index (χ2v) is 7.00. The van der Waals surface area contributed by atoms with E-state index in [9.17, 15) is 4.79 Å². The van der Waals surface area contributed by atoms with Crippen molar-refractivity contribution in [2.75, 3.05) is 44.0 Å². The number of aromatic nitrogens is 2. The molecule has 2 amide bonds. The predicted molar refractivity (Wildman–Crippen MR) is 93.4 cm³/mol. The number of rotatable bonds is 5. The fourth-order valence-electron chi connectivity index (χ4n) is 2.83. The molecule has 0 spiro atoms. The van der Waals surface area contributed by atoms with Gasteiger partial charge in [0.15, 0.2) is 0 Å². The fourth-order valence-corrected chi connectivity index (χ4v) is 2.83. The first-order chi connectivity index (χ1) is 11.5. The van der Waals surface area contributed by atoms with Gasteiger partial charge in [0, 0.05) is 45.6 Å². The first-order valence-electron chi connectivity index (χ1n) is 8.72. The highest BCUT2D eigenvalue weighted by Gasteiger charge is 2.28. The molecule has 7 heteroatoms. The van der Waals surface area contributed by atoms with Crippen LogP contribution in [-0.2, 0) is 4.74 Å². The summed E-state index contributed by atoms with van der Waals surface area (Å²) in [6.45, 7) is 4.13. The normalized spacial score (nSPS) is 20.8. The monoisotopic (exact) mass is 333 g/mol. The number of anilines is 2. The molecule has 2 fully saturated rings. The quantitative estimate of drug-likeness (QED) is 0.895. The molecule has 2 heterocycles. The lowest BCUT2D eigenvalue weighted by molar-refractivity contribution is 0.00596. The molecule has 2 aliphatic rings. The van der Waals surface area contributed by atoms with Gasteiger partial charge in [0.2, 0.25) is 5.95 Å². The van der Waals surface area contributed by atoms with Gasteiger partial charge in [-0.05, 0) is 38.5 Å². The van der Waals surface area contributed by atoms with Crippen molar-refractivity contribution in [3.05, 3.63) is 11.8 Å². The van der Waals surface area contributed by atoms with Crippen LogP contribution < -0.4 is 10.2 Å². The van der Waals surface area contributed by atoms with Gasteiger partial charge in [-0.3, -0.25) is 5.32 Å². The predicted octanol–water partition coefficient (Wildman–Crippen LogP) is 2.27. The zero-order valence-corrected chi connectivity index (χ0v) is 14.8. The number of likely N-dealkylation sites (tertiary alicyclic amines) is 1. The fraction of sp³-hybridized carbons (Fsp3) is 0.706. The van der Waals surface area contributed by atoms with Crippen LogP contribution in [-0.4, -0.2) is 60.8 Å². The van der Waals surface area contributed by atoms with Crippen molar-refractivity contribution in [1.82, 2.24) is 14.9 Å². The highest BCUT2D eigenvalue weighted by molar-refractivity contribution is 5.87. The molecular weight excluding hydrogens is 306 g/mol. The molecule has 7 nitrogen and oxygen atoms in total. The molecule has 132 valence electrons. The number of hydrogen-bond donors (Lipinski definition) is 1. The number of carbonyl (C=O) groups excluding carboxylic acids is 1. The number of amides is 2. The molecule has 0 aromatic carbocycles. The third-order valence-electron chi connectivity index (χ3n) is 4.45. The van der Waals surface area contributed by atoms with E-state index in [2.05, 4.69) is 15.3 Å². The van der Waals surface area contributed by atoms with Crippen molar-refractivity contribution < 1.29 is 9.53 Å². The van der Waals surface area contributed by atoms with Crippen LogP contribution >= 0.6 is 0 Å². The molecule has 3 rings (SSSR count). The lowest BCUT2D eigenvalue weighted by atomic mass is 10.1. The number of nitrogens with one attached hydrogen (secondary N) is 1. The van der Waals surface area contributed by atoms with Gasteiger partial charge in [0.05, 0.1) is 6.10 Å². The Labute approximate surface area is 143 Å². The van der Waals surface area contributed by atoms with Crippen molar-refractivity contribution in [2.24, 2.45) is 5.92 Å². The van der Waals surface area contributed by atoms with E-state index in [1.165, 1.54) is 12.8 Å². The Morgan fingerprint density at radius 2 is 2.17 bits per heavy atom. The summed E-state index contributed by atoms with van der Waals surface area (Å²) in [7, 11) is 3.83. The number of piperidine rings is 1. The Bertz CT molecular complexity index is 588. The minimum absolute atomic E-state index is 0.148. The highest BCUT2D eigenvalue weighted by atomic mass is 16.5. The van der Waals surface area contributed by atoms with Crippen LogP contribution in [0.15, 0.2) is 6.07 Å². The minimum atomic E-state index is -0.148. The van der Waals surface area contributed by atoms with Crippen molar-refractivity contribution in [2.45, 2.75) is 38.7 Å². The van der Waals surface area contributed by atoms with Gasteiger partial charge in [-0.2, -0.15) is 4.98 Å². The molecule has 1 aromatic rings. The van der Waals surface area contributed by atoms with Gasteiger partial charge >= 0.3 is 6.03 Å². The van der Waals surface area contributed by atoms with Crippen LogP contribution in [0.5, 0.6) is 0 Å². The van der Waals surface area contributed by atoms with Crippen LogP contribution in [0.1, 0.15) is 31.4 Å². The standard InChI is InChI=1S/C17H27N5O2/c1-12-9-15(21(2)3)19-16(18-12)20-17(23)22-8-4-5-14(10-22)24-11-13-6-7-13/h9,13-14H,4-8,10-11H2,1-3H3,(H,18,19,20,23)/t14-/m1/s1. The highest BCUT2D eigenvalue weighted by Crippen LogP contribution is 2.30. The third-order valence-corrected chi connectivity index (χ3v) is 4.45. The minimum Gasteiger partial charge on any atom is -0.376 e. The molecule has 0 bridgehead atoms. The number of ether oxygens (including phenoxy) is 1. The molecule has 1 aromatic heterocycles. The van der Waals surface area contributed by atoms with Crippen molar-refractivity contribution in [3.63, 3.8) is 0 Å². The van der Waals surface area contributed by atoms with E-state index in [0.29, 0.717) is 12.5 Å². The van der Waals surface area contributed by atoms with Gasteiger partial charge in [0.25, 0.3) is 0 Å². The van der Waals surface area contributed by atoms with Crippen LogP contribution in [0.4, 0.5) is 16.6 Å². The molecular formula is C17H27N5O2. The summed E-state index contributed by atoms with van der Waals surface area (Å²) in [5.41, 5.74) is 0.827. The Morgan fingerprint density at radius 3 is 2.88 bits per heavy atom. The largest absolute Gasteiger partial charge is 0.376 e. The Morgan fingerprint density at radius 1 is 1.38 bits per heavy atom. The van der Waals surface area contributed by atoms with Gasteiger partial charge in [0.1, 0.15) is 5.82 Å². The molecule has 1 aliphatic carbocycles. The number of urea groups is 1. The maximum Gasteiger partial charge on any atom is 0.324 e. The summed E-state index contributed by atoms with van der Waals surface area (Å²) in [4.78, 5) is 24.9. The van der Waals surface area contributed by atoms with Crippen molar-refractivity contribution in [3.8, 4) is 0 Å². The van der Waals surface area contributed by atoms with Crippen LogP contribution in [0.2, 0.25) is 0 Å². The maximum atomic E-state index is 12.5. The second-order valence-electron chi connectivity index (χ2n) is 7.00. The Hall–Kier alpha value is -1.89. The van der Waals surface area contributed by atoms with Gasteiger partial charge in [-0.25, -0.2) is 9.78 Å². The van der Waals surface area contributed by atoms with E-state index < -0.39 is 0 Å². The van der Waals surface area contributed by atoms with E-state index in [0.717, 1.165) is 43.4 Å². The summed E-state index contributed by atoms with van der Waals surface area (Å²) >= 11 is 0. The molecule has 1 atom stereocenters. The summed E-state index contributed by atoms with van der Waals surface area (Å²) in [6.07, 6.45) is 4.73. The van der Waals surface area contributed by atoms with Crippen LogP contribution in [0.3, 0.4) is 0 Å². The molecule has 1 saturated heterocycles. The zero-order valence-electron chi connectivity index (χ0n) is 14.8. The van der Waals surface area contributed by atoms with Crippen molar-refractivity contribution >= 4 is 17.8 Å². The zero-order chi connectivity index (χ0) is 17.1. The van der Waals surface area contributed by atoms with E-state index in [1.807, 2.05) is 36.9 Å². The summed E-state index contributed by atoms with van der Waals surface area (Å²) in [5, 5.41) is 2.83. The number of carbonyl (C=O) groups is 1. The smallest absolute Gasteiger partial charge is 0.324 e. The number of hydrogen-bond acceptors (Lipinski definition) is 5. The third kappa shape index (κ3) is 4.56. The Kier molecular flexibility index (Phi) is 5.18. The lowest BCUT2D eigenvalue weighted by Crippen LogP contribution is -2.45. The Balaban J connectivity index is 1.57. The molecule has 0 unspecified atom stereocenters. The molecule has 0 radical (unpaired) electrons. The van der Waals surface area contributed by atoms with Gasteiger partial charge in [-0.15, -0.1) is 0 Å². The second kappa shape index (κ2) is 7.34. The van der Waals surface area contributed by atoms with Crippen LogP contribution in [0, 0.1) is 12.8 Å². The van der Waals surface area contributed by atoms with E-state index in [1.54, 1.807) is 0 Å². The number of nitrogens with zero attached hydrogens (tertiary/aromatic N) is 4. The SMILES string of the molecule is Cc1cc(N(C)C)nc(NC(=O)N2CCC[C@@H](OCC3CC3)C2)n1. The topological polar surface area (TPSA) is 70.6 Å². The van der Waals surface area contributed by atoms with E-state index >= 15 is 0 Å². The van der Waals surface area contributed by atoms with Gasteiger partial charge in [-0.1, -0.05) is 0 Å². The summed E-state index contributed by atoms with van der Waals surface area (Å²) in [6, 6.07) is 1.74. The van der Waals surface area contributed by atoms with E-state index in [4.69, 9.17) is 4.74 Å². The molecule has 1 aliphatic heterocycles. The number of aryl methyl sites for hydroxylation is 1. The molecule has 1 saturated carbocycles. The van der Waals surface area contributed by atoms with Gasteiger partial charge < -0.3 is 14.5 Å². The first kappa shape index (κ1) is 17.0. The summed E-state index contributed by atoms with van der Waals surface area (Å²) in [5.74, 6) is 1.88.